The summed E-state index contributed by atoms with van der Waals surface area (Å²) in [6, 6.07) is 8.33. The zero-order chi connectivity index (χ0) is 15.1. The second-order valence-electron chi connectivity index (χ2n) is 5.72. The van der Waals surface area contributed by atoms with Gasteiger partial charge in [-0.2, -0.15) is 0 Å². The Labute approximate surface area is 132 Å². The number of rotatable bonds is 6. The molecule has 0 saturated carbocycles. The molecule has 1 aromatic rings. The molecule has 1 N–H and O–H groups in total. The van der Waals surface area contributed by atoms with E-state index in [2.05, 4.69) is 42.6 Å². The standard InChI is InChI=1S/C18H25NOS/c1-14-8-10-17(11-9-14)21-15(2)18(20)19-13-12-16-6-4-3-5-7-16/h6,8-11,15H,3-5,7,12-13H2,1-2H3,(H,19,20)/t15-/m1/s1. The maximum atomic E-state index is 12.1. The van der Waals surface area contributed by atoms with Crippen molar-refractivity contribution in [1.29, 1.82) is 0 Å². The summed E-state index contributed by atoms with van der Waals surface area (Å²) in [5, 5.41) is 3.01. The van der Waals surface area contributed by atoms with E-state index in [4.69, 9.17) is 0 Å². The number of hydrogen-bond acceptors (Lipinski definition) is 2. The van der Waals surface area contributed by atoms with Crippen LogP contribution in [0.1, 0.15) is 44.6 Å². The number of carbonyl (C=O) groups is 1. The Balaban J connectivity index is 1.72. The molecular formula is C18H25NOS. The van der Waals surface area contributed by atoms with Crippen molar-refractivity contribution in [1.82, 2.24) is 5.32 Å². The number of nitrogens with one attached hydrogen (secondary N) is 1. The highest BCUT2D eigenvalue weighted by atomic mass is 32.2. The van der Waals surface area contributed by atoms with Crippen molar-refractivity contribution in [2.45, 2.75) is 56.1 Å². The van der Waals surface area contributed by atoms with Gasteiger partial charge in [0.25, 0.3) is 0 Å². The average molecular weight is 303 g/mol. The van der Waals surface area contributed by atoms with Crippen LogP contribution in [0.15, 0.2) is 40.8 Å². The van der Waals surface area contributed by atoms with Gasteiger partial charge in [-0.1, -0.05) is 29.3 Å². The summed E-state index contributed by atoms with van der Waals surface area (Å²) in [7, 11) is 0. The first-order valence-corrected chi connectivity index (χ1v) is 8.72. The van der Waals surface area contributed by atoms with Crippen molar-refractivity contribution >= 4 is 17.7 Å². The molecule has 0 aliphatic heterocycles. The number of amides is 1. The maximum Gasteiger partial charge on any atom is 0.233 e. The Hall–Kier alpha value is -1.22. The van der Waals surface area contributed by atoms with Crippen LogP contribution < -0.4 is 5.32 Å². The predicted octanol–water partition coefficient (Wildman–Crippen LogP) is 4.48. The predicted molar refractivity (Wildman–Crippen MR) is 90.7 cm³/mol. The third kappa shape index (κ3) is 5.58. The molecular weight excluding hydrogens is 278 g/mol. The molecule has 1 atom stereocenters. The van der Waals surface area contributed by atoms with Gasteiger partial charge in [0.2, 0.25) is 5.91 Å². The third-order valence-corrected chi connectivity index (χ3v) is 4.95. The van der Waals surface area contributed by atoms with Crippen LogP contribution in [0.5, 0.6) is 0 Å². The van der Waals surface area contributed by atoms with Crippen LogP contribution in [-0.2, 0) is 4.79 Å². The summed E-state index contributed by atoms with van der Waals surface area (Å²) in [4.78, 5) is 13.3. The van der Waals surface area contributed by atoms with E-state index in [1.54, 1.807) is 11.8 Å². The average Bonchev–Trinajstić information content (AvgIpc) is 2.50. The molecule has 0 aromatic heterocycles. The Kier molecular flexibility index (Phi) is 6.37. The van der Waals surface area contributed by atoms with E-state index >= 15 is 0 Å². The number of allylic oxidation sites excluding steroid dienone is 1. The van der Waals surface area contributed by atoms with E-state index < -0.39 is 0 Å². The fourth-order valence-corrected chi connectivity index (χ4v) is 3.39. The zero-order valence-corrected chi connectivity index (χ0v) is 13.8. The lowest BCUT2D eigenvalue weighted by molar-refractivity contribution is -0.120. The lowest BCUT2D eigenvalue weighted by Crippen LogP contribution is -2.31. The third-order valence-electron chi connectivity index (χ3n) is 3.83. The molecule has 2 rings (SSSR count). The van der Waals surface area contributed by atoms with Crippen molar-refractivity contribution in [2.75, 3.05) is 6.54 Å². The van der Waals surface area contributed by atoms with Gasteiger partial charge < -0.3 is 5.32 Å². The second kappa shape index (κ2) is 8.28. The topological polar surface area (TPSA) is 29.1 Å². The summed E-state index contributed by atoms with van der Waals surface area (Å²) in [6.07, 6.45) is 8.40. The molecule has 1 aliphatic rings. The first-order valence-electron chi connectivity index (χ1n) is 7.84. The summed E-state index contributed by atoms with van der Waals surface area (Å²) in [5.74, 6) is 0.136. The first-order chi connectivity index (χ1) is 10.1. The molecule has 1 aromatic carbocycles. The Bertz CT molecular complexity index is 492. The smallest absolute Gasteiger partial charge is 0.233 e. The van der Waals surface area contributed by atoms with Gasteiger partial charge in [-0.25, -0.2) is 0 Å². The number of aryl methyl sites for hydroxylation is 1. The largest absolute Gasteiger partial charge is 0.355 e. The summed E-state index contributed by atoms with van der Waals surface area (Å²) < 4.78 is 0. The van der Waals surface area contributed by atoms with Gasteiger partial charge in [-0.15, -0.1) is 11.8 Å². The second-order valence-corrected chi connectivity index (χ2v) is 7.14. The van der Waals surface area contributed by atoms with Crippen molar-refractivity contribution < 1.29 is 4.79 Å². The van der Waals surface area contributed by atoms with Crippen LogP contribution in [-0.4, -0.2) is 17.7 Å². The van der Waals surface area contributed by atoms with Crippen molar-refractivity contribution in [3.05, 3.63) is 41.5 Å². The number of hydrogen-bond donors (Lipinski definition) is 1. The van der Waals surface area contributed by atoms with Crippen LogP contribution in [0.25, 0.3) is 0 Å². The summed E-state index contributed by atoms with van der Waals surface area (Å²) in [6.45, 7) is 4.81. The van der Waals surface area contributed by atoms with E-state index in [1.807, 2.05) is 6.92 Å². The van der Waals surface area contributed by atoms with Gasteiger partial charge in [0.05, 0.1) is 5.25 Å². The molecule has 0 radical (unpaired) electrons. The van der Waals surface area contributed by atoms with E-state index in [-0.39, 0.29) is 11.2 Å². The summed E-state index contributed by atoms with van der Waals surface area (Å²) in [5.41, 5.74) is 2.76. The Morgan fingerprint density at radius 3 is 2.71 bits per heavy atom. The van der Waals surface area contributed by atoms with E-state index in [9.17, 15) is 4.79 Å². The van der Waals surface area contributed by atoms with Gasteiger partial charge >= 0.3 is 0 Å². The van der Waals surface area contributed by atoms with Crippen molar-refractivity contribution in [3.63, 3.8) is 0 Å². The molecule has 0 unspecified atom stereocenters. The minimum atomic E-state index is -0.0481. The highest BCUT2D eigenvalue weighted by molar-refractivity contribution is 8.00. The first kappa shape index (κ1) is 16.2. The quantitative estimate of drug-likeness (QED) is 0.620. The molecule has 114 valence electrons. The molecule has 21 heavy (non-hydrogen) atoms. The highest BCUT2D eigenvalue weighted by Crippen LogP contribution is 2.23. The Morgan fingerprint density at radius 1 is 1.29 bits per heavy atom. The normalized spacial score (nSPS) is 16.2. The molecule has 0 bridgehead atoms. The van der Waals surface area contributed by atoms with Crippen molar-refractivity contribution in [3.8, 4) is 0 Å². The lowest BCUT2D eigenvalue weighted by atomic mass is 9.97. The molecule has 3 heteroatoms. The number of benzene rings is 1. The van der Waals surface area contributed by atoms with Crippen LogP contribution >= 0.6 is 11.8 Å². The van der Waals surface area contributed by atoms with E-state index in [0.29, 0.717) is 0 Å². The van der Waals surface area contributed by atoms with E-state index in [0.717, 1.165) is 17.9 Å². The van der Waals surface area contributed by atoms with Gasteiger partial charge in [0, 0.05) is 11.4 Å². The van der Waals surface area contributed by atoms with Gasteiger partial charge in [-0.3, -0.25) is 4.79 Å². The number of carbonyl (C=O) groups excluding carboxylic acids is 1. The van der Waals surface area contributed by atoms with Crippen LogP contribution in [0.3, 0.4) is 0 Å². The number of thioether (sulfide) groups is 1. The van der Waals surface area contributed by atoms with Crippen molar-refractivity contribution in [2.24, 2.45) is 0 Å². The summed E-state index contributed by atoms with van der Waals surface area (Å²) >= 11 is 1.62. The molecule has 0 fully saturated rings. The highest BCUT2D eigenvalue weighted by Gasteiger charge is 2.14. The Morgan fingerprint density at radius 2 is 2.05 bits per heavy atom. The van der Waals surface area contributed by atoms with Gasteiger partial charge in [0.15, 0.2) is 0 Å². The molecule has 0 spiro atoms. The van der Waals surface area contributed by atoms with Gasteiger partial charge in [-0.05, 0) is 58.1 Å². The monoisotopic (exact) mass is 303 g/mol. The zero-order valence-electron chi connectivity index (χ0n) is 13.0. The fraction of sp³-hybridized carbons (Fsp3) is 0.500. The van der Waals surface area contributed by atoms with Crippen LogP contribution in [0.2, 0.25) is 0 Å². The fourth-order valence-electron chi connectivity index (χ4n) is 2.50. The maximum absolute atomic E-state index is 12.1. The van der Waals surface area contributed by atoms with Crippen LogP contribution in [0, 0.1) is 6.92 Å². The molecule has 2 nitrogen and oxygen atoms in total. The minimum absolute atomic E-state index is 0.0481. The van der Waals surface area contributed by atoms with E-state index in [1.165, 1.54) is 36.8 Å². The molecule has 0 saturated heterocycles. The molecule has 1 amide bonds. The lowest BCUT2D eigenvalue weighted by Gasteiger charge is -2.15. The molecule has 1 aliphatic carbocycles. The minimum Gasteiger partial charge on any atom is -0.355 e. The van der Waals surface area contributed by atoms with Gasteiger partial charge in [0.1, 0.15) is 0 Å². The van der Waals surface area contributed by atoms with Crippen LogP contribution in [0.4, 0.5) is 0 Å². The molecule has 0 heterocycles. The SMILES string of the molecule is Cc1ccc(S[C@H](C)C(=O)NCCC2=CCCCC2)cc1.